The Morgan fingerprint density at radius 2 is 2.00 bits per heavy atom. The Morgan fingerprint density at radius 1 is 1.25 bits per heavy atom. The maximum absolute atomic E-state index is 5.96. The maximum Gasteiger partial charge on any atom is 0.227 e. The molecule has 2 aromatic rings. The molecule has 5 heteroatoms. The van der Waals surface area contributed by atoms with Gasteiger partial charge in [-0.3, -0.25) is 0 Å². The van der Waals surface area contributed by atoms with Crippen molar-refractivity contribution < 1.29 is 4.74 Å². The van der Waals surface area contributed by atoms with Crippen LogP contribution in [0.3, 0.4) is 0 Å². The molecular weight excluding hydrogens is 318 g/mol. The van der Waals surface area contributed by atoms with Crippen molar-refractivity contribution in [3.8, 4) is 11.6 Å². The fraction of sp³-hybridized carbons (Fsp3) is 0.333. The van der Waals surface area contributed by atoms with Gasteiger partial charge in [0, 0.05) is 10.4 Å². The average Bonchev–Trinajstić information content (AvgIpc) is 3.23. The standard InChI is InChI=1S/C15H16BrN3O/c1-8-7-11(5-6-12(8)16)20-15-9(2)13(17)18-14(19-15)10-3-4-10/h5-7,10H,3-4H2,1-2H3,(H2,17,18,19). The van der Waals surface area contributed by atoms with Gasteiger partial charge in [0.1, 0.15) is 17.4 Å². The minimum atomic E-state index is 0.451. The van der Waals surface area contributed by atoms with Crippen molar-refractivity contribution in [1.82, 2.24) is 9.97 Å². The first-order valence-corrected chi connectivity index (χ1v) is 7.42. The first-order valence-electron chi connectivity index (χ1n) is 6.62. The van der Waals surface area contributed by atoms with Crippen LogP contribution in [0.25, 0.3) is 0 Å². The second-order valence-electron chi connectivity index (χ2n) is 5.18. The number of anilines is 1. The number of ether oxygens (including phenoxy) is 1. The Labute approximate surface area is 126 Å². The second-order valence-corrected chi connectivity index (χ2v) is 6.04. The lowest BCUT2D eigenvalue weighted by atomic mass is 10.2. The molecule has 0 saturated heterocycles. The van der Waals surface area contributed by atoms with Crippen molar-refractivity contribution >= 4 is 21.7 Å². The van der Waals surface area contributed by atoms with E-state index in [0.717, 1.165) is 40.0 Å². The summed E-state index contributed by atoms with van der Waals surface area (Å²) in [6, 6.07) is 5.84. The molecule has 0 radical (unpaired) electrons. The van der Waals surface area contributed by atoms with Crippen molar-refractivity contribution in [2.75, 3.05) is 5.73 Å². The quantitative estimate of drug-likeness (QED) is 0.918. The van der Waals surface area contributed by atoms with E-state index in [-0.39, 0.29) is 0 Å². The monoisotopic (exact) mass is 333 g/mol. The fourth-order valence-electron chi connectivity index (χ4n) is 1.95. The number of rotatable bonds is 3. The van der Waals surface area contributed by atoms with Crippen molar-refractivity contribution in [3.63, 3.8) is 0 Å². The summed E-state index contributed by atoms with van der Waals surface area (Å²) in [5.74, 6) is 3.07. The summed E-state index contributed by atoms with van der Waals surface area (Å²) in [5, 5.41) is 0. The minimum Gasteiger partial charge on any atom is -0.439 e. The lowest BCUT2D eigenvalue weighted by molar-refractivity contribution is 0.454. The van der Waals surface area contributed by atoms with E-state index in [1.54, 1.807) is 0 Å². The van der Waals surface area contributed by atoms with Crippen LogP contribution in [0.1, 0.15) is 35.7 Å². The van der Waals surface area contributed by atoms with Gasteiger partial charge in [0.25, 0.3) is 0 Å². The molecule has 2 N–H and O–H groups in total. The molecule has 0 atom stereocenters. The average molecular weight is 334 g/mol. The molecule has 1 aliphatic rings. The van der Waals surface area contributed by atoms with Gasteiger partial charge in [0.2, 0.25) is 5.88 Å². The summed E-state index contributed by atoms with van der Waals surface area (Å²) in [5.41, 5.74) is 7.86. The lowest BCUT2D eigenvalue weighted by Crippen LogP contribution is -2.04. The van der Waals surface area contributed by atoms with Gasteiger partial charge in [-0.2, -0.15) is 4.98 Å². The number of halogens is 1. The van der Waals surface area contributed by atoms with Crippen LogP contribution >= 0.6 is 15.9 Å². The van der Waals surface area contributed by atoms with E-state index in [0.29, 0.717) is 17.6 Å². The topological polar surface area (TPSA) is 61.0 Å². The Morgan fingerprint density at radius 3 is 2.65 bits per heavy atom. The minimum absolute atomic E-state index is 0.451. The molecule has 0 unspecified atom stereocenters. The third kappa shape index (κ3) is 2.63. The zero-order chi connectivity index (χ0) is 14.3. The zero-order valence-corrected chi connectivity index (χ0v) is 13.1. The summed E-state index contributed by atoms with van der Waals surface area (Å²) in [6.45, 7) is 3.90. The Hall–Kier alpha value is -1.62. The van der Waals surface area contributed by atoms with Gasteiger partial charge in [-0.25, -0.2) is 4.98 Å². The summed E-state index contributed by atoms with van der Waals surface area (Å²) in [6.07, 6.45) is 2.28. The van der Waals surface area contributed by atoms with Gasteiger partial charge in [-0.15, -0.1) is 0 Å². The number of hydrogen-bond donors (Lipinski definition) is 1. The third-order valence-corrected chi connectivity index (χ3v) is 4.33. The van der Waals surface area contributed by atoms with E-state index in [4.69, 9.17) is 10.5 Å². The van der Waals surface area contributed by atoms with Crippen molar-refractivity contribution in [2.24, 2.45) is 0 Å². The van der Waals surface area contributed by atoms with Crippen molar-refractivity contribution in [1.29, 1.82) is 0 Å². The molecule has 1 aromatic heterocycles. The number of benzene rings is 1. The second kappa shape index (κ2) is 5.05. The van der Waals surface area contributed by atoms with Gasteiger partial charge < -0.3 is 10.5 Å². The van der Waals surface area contributed by atoms with E-state index in [1.165, 1.54) is 0 Å². The van der Waals surface area contributed by atoms with E-state index in [1.807, 2.05) is 32.0 Å². The molecule has 1 saturated carbocycles. The van der Waals surface area contributed by atoms with E-state index in [2.05, 4.69) is 25.9 Å². The largest absolute Gasteiger partial charge is 0.439 e. The highest BCUT2D eigenvalue weighted by Crippen LogP contribution is 2.40. The summed E-state index contributed by atoms with van der Waals surface area (Å²) >= 11 is 3.48. The fourth-order valence-corrected chi connectivity index (χ4v) is 2.19. The highest BCUT2D eigenvalue weighted by molar-refractivity contribution is 9.10. The van der Waals surface area contributed by atoms with Crippen LogP contribution in [-0.2, 0) is 0 Å². The van der Waals surface area contributed by atoms with E-state index in [9.17, 15) is 0 Å². The van der Waals surface area contributed by atoms with Gasteiger partial charge in [0.15, 0.2) is 0 Å². The highest BCUT2D eigenvalue weighted by atomic mass is 79.9. The molecule has 1 aliphatic carbocycles. The molecule has 0 amide bonds. The molecular formula is C15H16BrN3O. The molecule has 4 nitrogen and oxygen atoms in total. The molecule has 3 rings (SSSR count). The molecule has 20 heavy (non-hydrogen) atoms. The Bertz CT molecular complexity index is 668. The smallest absolute Gasteiger partial charge is 0.227 e. The Kier molecular flexibility index (Phi) is 3.38. The maximum atomic E-state index is 5.96. The van der Waals surface area contributed by atoms with Crippen molar-refractivity contribution in [2.45, 2.75) is 32.6 Å². The lowest BCUT2D eigenvalue weighted by Gasteiger charge is -2.11. The van der Waals surface area contributed by atoms with Gasteiger partial charge in [-0.05, 0) is 50.5 Å². The molecule has 1 fully saturated rings. The highest BCUT2D eigenvalue weighted by Gasteiger charge is 2.28. The first-order chi connectivity index (χ1) is 9.54. The SMILES string of the molecule is Cc1cc(Oc2nc(C3CC3)nc(N)c2C)ccc1Br. The first kappa shape index (κ1) is 13.4. The van der Waals surface area contributed by atoms with Crippen LogP contribution in [-0.4, -0.2) is 9.97 Å². The van der Waals surface area contributed by atoms with E-state index >= 15 is 0 Å². The summed E-state index contributed by atoms with van der Waals surface area (Å²) in [7, 11) is 0. The van der Waals surface area contributed by atoms with Crippen LogP contribution in [0.5, 0.6) is 11.6 Å². The van der Waals surface area contributed by atoms with Crippen LogP contribution in [0, 0.1) is 13.8 Å². The number of nitrogens with zero attached hydrogens (tertiary/aromatic N) is 2. The number of aryl methyl sites for hydroxylation is 1. The third-order valence-electron chi connectivity index (χ3n) is 3.44. The van der Waals surface area contributed by atoms with Crippen LogP contribution in [0.4, 0.5) is 5.82 Å². The normalized spacial score (nSPS) is 14.3. The van der Waals surface area contributed by atoms with Gasteiger partial charge >= 0.3 is 0 Å². The molecule has 0 bridgehead atoms. The molecule has 0 spiro atoms. The van der Waals surface area contributed by atoms with Gasteiger partial charge in [0.05, 0.1) is 5.56 Å². The number of hydrogen-bond acceptors (Lipinski definition) is 4. The number of nitrogens with two attached hydrogens (primary N) is 1. The predicted octanol–water partition coefficient (Wildman–Crippen LogP) is 4.11. The predicted molar refractivity (Wildman–Crippen MR) is 82.1 cm³/mol. The van der Waals surface area contributed by atoms with Gasteiger partial charge in [-0.1, -0.05) is 15.9 Å². The summed E-state index contributed by atoms with van der Waals surface area (Å²) < 4.78 is 6.95. The molecule has 0 aliphatic heterocycles. The van der Waals surface area contributed by atoms with E-state index < -0.39 is 0 Å². The molecule has 1 heterocycles. The van der Waals surface area contributed by atoms with Crippen LogP contribution in [0.2, 0.25) is 0 Å². The number of aromatic nitrogens is 2. The number of nitrogen functional groups attached to an aromatic ring is 1. The molecule has 1 aromatic carbocycles. The zero-order valence-electron chi connectivity index (χ0n) is 11.5. The van der Waals surface area contributed by atoms with Crippen LogP contribution in [0.15, 0.2) is 22.7 Å². The molecule has 104 valence electrons. The van der Waals surface area contributed by atoms with Crippen molar-refractivity contribution in [3.05, 3.63) is 39.6 Å². The summed E-state index contributed by atoms with van der Waals surface area (Å²) in [4.78, 5) is 8.87. The Balaban J connectivity index is 1.94. The van der Waals surface area contributed by atoms with Crippen LogP contribution < -0.4 is 10.5 Å².